The molecule has 2 fully saturated rings. The molecule has 0 N–H and O–H groups in total. The fourth-order valence-corrected chi connectivity index (χ4v) is 4.99. The van der Waals surface area contributed by atoms with Crippen molar-refractivity contribution in [3.8, 4) is 0 Å². The highest BCUT2D eigenvalue weighted by molar-refractivity contribution is 8.14. The summed E-state index contributed by atoms with van der Waals surface area (Å²) in [6.07, 6.45) is 0. The Kier molecular flexibility index (Phi) is 5.17. The van der Waals surface area contributed by atoms with Gasteiger partial charge in [0.15, 0.2) is 5.17 Å². The van der Waals surface area contributed by atoms with Crippen molar-refractivity contribution in [3.63, 3.8) is 0 Å². The number of hydrogen-bond donors (Lipinski definition) is 0. The number of benzene rings is 1. The van der Waals surface area contributed by atoms with Crippen LogP contribution in [0.1, 0.15) is 0 Å². The number of hydrogen-bond acceptors (Lipinski definition) is 5. The fraction of sp³-hybridized carbons (Fsp3) is 0.500. The first-order valence-corrected chi connectivity index (χ1v) is 10.1. The van der Waals surface area contributed by atoms with Crippen LogP contribution in [0.15, 0.2) is 28.1 Å². The molecular formula is C14H18ClN3O3S2. The van der Waals surface area contributed by atoms with Gasteiger partial charge in [-0.05, 0) is 18.2 Å². The maximum Gasteiger partial charge on any atom is 0.243 e. The monoisotopic (exact) mass is 375 g/mol. The van der Waals surface area contributed by atoms with Gasteiger partial charge in [-0.25, -0.2) is 13.4 Å². The summed E-state index contributed by atoms with van der Waals surface area (Å²) in [7, 11) is -1.58. The van der Waals surface area contributed by atoms with Gasteiger partial charge in [0, 0.05) is 32.4 Å². The maximum atomic E-state index is 12.7. The van der Waals surface area contributed by atoms with Crippen LogP contribution >= 0.6 is 23.4 Å². The zero-order valence-corrected chi connectivity index (χ0v) is 15.1. The number of thioether (sulfide) groups is 1. The SMILES string of the molecule is CN1CCSC1=Nc1cc(S(=O)(=O)N2CCOCC2)ccc1Cl. The van der Waals surface area contributed by atoms with Gasteiger partial charge in [0.25, 0.3) is 0 Å². The van der Waals surface area contributed by atoms with Crippen molar-refractivity contribution in [2.45, 2.75) is 4.90 Å². The van der Waals surface area contributed by atoms with Crippen molar-refractivity contribution in [3.05, 3.63) is 23.2 Å². The molecule has 1 aromatic carbocycles. The van der Waals surface area contributed by atoms with E-state index in [1.807, 2.05) is 11.9 Å². The molecule has 2 aliphatic rings. The first-order chi connectivity index (χ1) is 11.0. The molecule has 0 amide bonds. The standard InChI is InChI=1S/C14H18ClN3O3S2/c1-17-6-9-22-14(17)16-13-10-11(2-3-12(13)15)23(19,20)18-4-7-21-8-5-18/h2-3,10H,4-9H2,1H3. The number of aliphatic imine (C=N–C) groups is 1. The Bertz CT molecular complexity index is 718. The smallest absolute Gasteiger partial charge is 0.243 e. The first-order valence-electron chi connectivity index (χ1n) is 7.28. The number of sulfonamides is 1. The Morgan fingerprint density at radius 1 is 1.26 bits per heavy atom. The average molecular weight is 376 g/mol. The molecule has 0 aliphatic carbocycles. The van der Waals surface area contributed by atoms with E-state index in [1.165, 1.54) is 10.4 Å². The van der Waals surface area contributed by atoms with Gasteiger partial charge in [0.1, 0.15) is 0 Å². The van der Waals surface area contributed by atoms with E-state index in [9.17, 15) is 8.42 Å². The summed E-state index contributed by atoms with van der Waals surface area (Å²) in [4.78, 5) is 6.77. The van der Waals surface area contributed by atoms with Crippen molar-refractivity contribution < 1.29 is 13.2 Å². The van der Waals surface area contributed by atoms with Crippen LogP contribution in [-0.2, 0) is 14.8 Å². The predicted molar refractivity (Wildman–Crippen MR) is 93.2 cm³/mol. The summed E-state index contributed by atoms with van der Waals surface area (Å²) in [5.41, 5.74) is 0.484. The molecule has 1 aromatic rings. The Morgan fingerprint density at radius 2 is 2.00 bits per heavy atom. The highest BCUT2D eigenvalue weighted by atomic mass is 35.5. The molecule has 0 saturated carbocycles. The van der Waals surface area contributed by atoms with E-state index in [4.69, 9.17) is 16.3 Å². The van der Waals surface area contributed by atoms with Crippen LogP contribution in [0.5, 0.6) is 0 Å². The topological polar surface area (TPSA) is 62.2 Å². The van der Waals surface area contributed by atoms with E-state index in [2.05, 4.69) is 4.99 Å². The van der Waals surface area contributed by atoms with Crippen LogP contribution in [0, 0.1) is 0 Å². The predicted octanol–water partition coefficient (Wildman–Crippen LogP) is 2.03. The lowest BCUT2D eigenvalue weighted by atomic mass is 10.3. The average Bonchev–Trinajstić information content (AvgIpc) is 2.95. The summed E-state index contributed by atoms with van der Waals surface area (Å²) in [5, 5.41) is 1.30. The van der Waals surface area contributed by atoms with E-state index >= 15 is 0 Å². The van der Waals surface area contributed by atoms with Gasteiger partial charge in [0.2, 0.25) is 10.0 Å². The molecule has 0 bridgehead atoms. The second kappa shape index (κ2) is 6.98. The number of nitrogens with zero attached hydrogens (tertiary/aromatic N) is 3. The number of morpholine rings is 1. The minimum atomic E-state index is -3.54. The normalized spacial score (nSPS) is 22.0. The molecule has 2 heterocycles. The van der Waals surface area contributed by atoms with E-state index in [0.717, 1.165) is 17.5 Å². The van der Waals surface area contributed by atoms with Crippen LogP contribution < -0.4 is 0 Å². The molecular weight excluding hydrogens is 358 g/mol. The van der Waals surface area contributed by atoms with Crippen LogP contribution in [0.3, 0.4) is 0 Å². The molecule has 0 unspecified atom stereocenters. The third-order valence-electron chi connectivity index (χ3n) is 3.73. The first kappa shape index (κ1) is 17.0. The molecule has 2 aliphatic heterocycles. The van der Waals surface area contributed by atoms with Crippen LogP contribution in [0.2, 0.25) is 5.02 Å². The van der Waals surface area contributed by atoms with Crippen molar-refractivity contribution in [1.82, 2.24) is 9.21 Å². The molecule has 2 saturated heterocycles. The van der Waals surface area contributed by atoms with E-state index in [1.54, 1.807) is 23.9 Å². The van der Waals surface area contributed by atoms with E-state index < -0.39 is 10.0 Å². The zero-order valence-electron chi connectivity index (χ0n) is 12.7. The van der Waals surface area contributed by atoms with Gasteiger partial charge in [-0.3, -0.25) is 0 Å². The van der Waals surface area contributed by atoms with Crippen molar-refractivity contribution in [2.75, 3.05) is 45.6 Å². The lowest BCUT2D eigenvalue weighted by Crippen LogP contribution is -2.40. The molecule has 0 spiro atoms. The summed E-state index contributed by atoms with van der Waals surface area (Å²) < 4.78 is 32.1. The lowest BCUT2D eigenvalue weighted by Gasteiger charge is -2.26. The second-order valence-electron chi connectivity index (χ2n) is 5.29. The second-order valence-corrected chi connectivity index (χ2v) is 8.70. The minimum Gasteiger partial charge on any atom is -0.379 e. The van der Waals surface area contributed by atoms with Gasteiger partial charge in [-0.2, -0.15) is 4.31 Å². The Hall–Kier alpha value is -0.800. The number of halogens is 1. The fourth-order valence-electron chi connectivity index (χ4n) is 2.38. The van der Waals surface area contributed by atoms with Gasteiger partial charge in [-0.1, -0.05) is 23.4 Å². The van der Waals surface area contributed by atoms with E-state index in [0.29, 0.717) is 37.0 Å². The number of ether oxygens (including phenoxy) is 1. The minimum absolute atomic E-state index is 0.216. The molecule has 0 radical (unpaired) electrons. The molecule has 9 heteroatoms. The molecule has 23 heavy (non-hydrogen) atoms. The number of rotatable bonds is 3. The van der Waals surface area contributed by atoms with Gasteiger partial charge in [-0.15, -0.1) is 0 Å². The number of amidine groups is 1. The van der Waals surface area contributed by atoms with Crippen molar-refractivity contribution in [2.24, 2.45) is 4.99 Å². The van der Waals surface area contributed by atoms with Gasteiger partial charge >= 0.3 is 0 Å². The Labute approximate surface area is 145 Å². The third kappa shape index (κ3) is 3.66. The van der Waals surface area contributed by atoms with Gasteiger partial charge in [0.05, 0.1) is 28.8 Å². The van der Waals surface area contributed by atoms with Crippen LogP contribution in [0.4, 0.5) is 5.69 Å². The van der Waals surface area contributed by atoms with Gasteiger partial charge < -0.3 is 9.64 Å². The van der Waals surface area contributed by atoms with Crippen LogP contribution in [-0.4, -0.2) is 68.4 Å². The molecule has 3 rings (SSSR count). The summed E-state index contributed by atoms with van der Waals surface area (Å²) in [6, 6.07) is 4.67. The van der Waals surface area contributed by atoms with E-state index in [-0.39, 0.29) is 4.90 Å². The largest absolute Gasteiger partial charge is 0.379 e. The van der Waals surface area contributed by atoms with Crippen molar-refractivity contribution >= 4 is 44.2 Å². The highest BCUT2D eigenvalue weighted by Gasteiger charge is 2.27. The highest BCUT2D eigenvalue weighted by Crippen LogP contribution is 2.31. The molecule has 126 valence electrons. The molecule has 0 aromatic heterocycles. The summed E-state index contributed by atoms with van der Waals surface area (Å²) in [6.45, 7) is 2.50. The van der Waals surface area contributed by atoms with Crippen LogP contribution in [0.25, 0.3) is 0 Å². The third-order valence-corrected chi connectivity index (χ3v) is 6.99. The molecule has 0 atom stereocenters. The molecule has 6 nitrogen and oxygen atoms in total. The summed E-state index contributed by atoms with van der Waals surface area (Å²) in [5.74, 6) is 0.971. The zero-order chi connectivity index (χ0) is 16.4. The summed E-state index contributed by atoms with van der Waals surface area (Å²) >= 11 is 7.83. The maximum absolute atomic E-state index is 12.7. The quantitative estimate of drug-likeness (QED) is 0.808. The Morgan fingerprint density at radius 3 is 2.65 bits per heavy atom. The Balaban J connectivity index is 1.93. The van der Waals surface area contributed by atoms with Crippen molar-refractivity contribution in [1.29, 1.82) is 0 Å². The lowest BCUT2D eigenvalue weighted by molar-refractivity contribution is 0.0730.